The number of benzene rings is 3. The first-order valence-corrected chi connectivity index (χ1v) is 12.8. The van der Waals surface area contributed by atoms with Crippen molar-refractivity contribution in [2.45, 2.75) is 0 Å². The molecule has 8 heteroatoms. The van der Waals surface area contributed by atoms with Gasteiger partial charge in [0.2, 0.25) is 10.8 Å². The van der Waals surface area contributed by atoms with Crippen LogP contribution in [-0.2, 0) is 0 Å². The molecule has 0 fully saturated rings. The molecule has 0 amide bonds. The summed E-state index contributed by atoms with van der Waals surface area (Å²) in [5.41, 5.74) is 5.67. The molecule has 0 aliphatic carbocycles. The van der Waals surface area contributed by atoms with Gasteiger partial charge in [-0.05, 0) is 42.0 Å². The van der Waals surface area contributed by atoms with Crippen molar-refractivity contribution < 1.29 is 4.42 Å². The van der Waals surface area contributed by atoms with Gasteiger partial charge < -0.3 is 4.42 Å². The van der Waals surface area contributed by atoms with Crippen LogP contribution >= 0.6 is 11.3 Å². The van der Waals surface area contributed by atoms with Gasteiger partial charge in [-0.3, -0.25) is 4.79 Å². The molecule has 0 saturated carbocycles. The Bertz CT molecular complexity index is 1970. The highest BCUT2D eigenvalue weighted by Gasteiger charge is 2.15. The third kappa shape index (κ3) is 3.93. The summed E-state index contributed by atoms with van der Waals surface area (Å²) >= 11 is 1.30. The lowest BCUT2D eigenvalue weighted by atomic mass is 10.1. The minimum absolute atomic E-state index is 0.203. The summed E-state index contributed by atoms with van der Waals surface area (Å²) in [7, 11) is 0. The van der Waals surface area contributed by atoms with Gasteiger partial charge in [-0.15, -0.1) is 5.10 Å². The zero-order chi connectivity index (χ0) is 25.5. The van der Waals surface area contributed by atoms with Gasteiger partial charge in [0.05, 0.1) is 27.9 Å². The van der Waals surface area contributed by atoms with E-state index in [1.807, 2.05) is 71.4 Å². The highest BCUT2D eigenvalue weighted by Crippen LogP contribution is 2.29. The van der Waals surface area contributed by atoms with Crippen molar-refractivity contribution in [3.05, 3.63) is 130 Å². The fraction of sp³-hybridized carbons (Fsp3) is 0. The van der Waals surface area contributed by atoms with Gasteiger partial charge in [0.15, 0.2) is 5.76 Å². The van der Waals surface area contributed by atoms with Gasteiger partial charge in [-0.25, -0.2) is 4.68 Å². The molecule has 0 radical (unpaired) electrons. The molecule has 182 valence electrons. The van der Waals surface area contributed by atoms with E-state index in [0.717, 1.165) is 33.8 Å². The molecule has 7 aromatic rings. The van der Waals surface area contributed by atoms with Crippen molar-refractivity contribution in [3.63, 3.8) is 0 Å². The molecule has 4 aromatic heterocycles. The van der Waals surface area contributed by atoms with E-state index >= 15 is 0 Å². The average Bonchev–Trinajstić information content (AvgIpc) is 3.76. The molecule has 38 heavy (non-hydrogen) atoms. The molecule has 0 aliphatic heterocycles. The van der Waals surface area contributed by atoms with E-state index in [4.69, 9.17) is 9.52 Å². The Balaban J connectivity index is 1.26. The monoisotopic (exact) mass is 513 g/mol. The summed E-state index contributed by atoms with van der Waals surface area (Å²) in [5.74, 6) is 0.933. The molecule has 3 aromatic carbocycles. The second kappa shape index (κ2) is 9.10. The summed E-state index contributed by atoms with van der Waals surface area (Å²) in [6, 6.07) is 34.0. The van der Waals surface area contributed by atoms with Crippen molar-refractivity contribution in [3.8, 4) is 39.8 Å². The highest BCUT2D eigenvalue weighted by atomic mass is 32.1. The van der Waals surface area contributed by atoms with Crippen LogP contribution in [0.4, 0.5) is 0 Å². The van der Waals surface area contributed by atoms with Crippen molar-refractivity contribution in [1.29, 1.82) is 0 Å². The summed E-state index contributed by atoms with van der Waals surface area (Å²) in [4.78, 5) is 17.9. The van der Waals surface area contributed by atoms with Crippen LogP contribution in [0.2, 0.25) is 0 Å². The fourth-order valence-corrected chi connectivity index (χ4v) is 5.26. The number of hydrogen-bond donors (Lipinski definition) is 0. The Morgan fingerprint density at radius 1 is 0.789 bits per heavy atom. The van der Waals surface area contributed by atoms with Gasteiger partial charge >= 0.3 is 0 Å². The zero-order valence-electron chi connectivity index (χ0n) is 19.9. The average molecular weight is 514 g/mol. The van der Waals surface area contributed by atoms with Crippen molar-refractivity contribution in [2.75, 3.05) is 0 Å². The van der Waals surface area contributed by atoms with Crippen LogP contribution in [0.25, 0.3) is 50.8 Å². The third-order valence-electron chi connectivity index (χ3n) is 6.21. The number of furan rings is 1. The van der Waals surface area contributed by atoms with Crippen LogP contribution in [0.1, 0.15) is 5.56 Å². The Morgan fingerprint density at radius 2 is 1.53 bits per heavy atom. The highest BCUT2D eigenvalue weighted by molar-refractivity contribution is 7.15. The topological polar surface area (TPSA) is 78.2 Å². The van der Waals surface area contributed by atoms with E-state index in [0.29, 0.717) is 21.1 Å². The Hall–Kier alpha value is -5.08. The second-order valence-electron chi connectivity index (χ2n) is 8.67. The Kier molecular flexibility index (Phi) is 5.30. The molecule has 4 heterocycles. The van der Waals surface area contributed by atoms with Crippen LogP contribution in [0.3, 0.4) is 0 Å². The predicted molar refractivity (Wildman–Crippen MR) is 148 cm³/mol. The molecule has 7 rings (SSSR count). The van der Waals surface area contributed by atoms with Crippen molar-refractivity contribution in [2.24, 2.45) is 0 Å². The lowest BCUT2D eigenvalue weighted by Gasteiger charge is -2.08. The largest absolute Gasteiger partial charge is 0.461 e. The molecular formula is C30H19N5O2S. The normalized spacial score (nSPS) is 11.9. The number of fused-ring (bicyclic) bond motifs is 1. The molecule has 7 nitrogen and oxygen atoms in total. The predicted octanol–water partition coefficient (Wildman–Crippen LogP) is 5.48. The Labute approximate surface area is 220 Å². The Morgan fingerprint density at radius 3 is 2.21 bits per heavy atom. The zero-order valence-corrected chi connectivity index (χ0v) is 20.7. The smallest absolute Gasteiger partial charge is 0.291 e. The van der Waals surface area contributed by atoms with Gasteiger partial charge in [0, 0.05) is 11.1 Å². The molecule has 0 spiro atoms. The van der Waals surface area contributed by atoms with Gasteiger partial charge in [0.25, 0.3) is 5.56 Å². The maximum atomic E-state index is 12.9. The van der Waals surface area contributed by atoms with E-state index in [9.17, 15) is 4.79 Å². The number of thiazole rings is 1. The van der Waals surface area contributed by atoms with E-state index in [-0.39, 0.29) is 5.56 Å². The summed E-state index contributed by atoms with van der Waals surface area (Å²) in [6.07, 6.45) is 3.41. The van der Waals surface area contributed by atoms with Crippen LogP contribution < -0.4 is 10.1 Å². The summed E-state index contributed by atoms with van der Waals surface area (Å²) < 4.78 is 9.19. The molecule has 0 bridgehead atoms. The van der Waals surface area contributed by atoms with Crippen molar-refractivity contribution in [1.82, 2.24) is 24.4 Å². The first kappa shape index (κ1) is 22.1. The molecule has 0 aliphatic rings. The lowest BCUT2D eigenvalue weighted by molar-refractivity contribution is 0.577. The minimum atomic E-state index is -0.203. The minimum Gasteiger partial charge on any atom is -0.461 e. The molecule has 0 N–H and O–H groups in total. The third-order valence-corrected chi connectivity index (χ3v) is 7.17. The number of rotatable bonds is 5. The number of aromatic nitrogens is 5. The van der Waals surface area contributed by atoms with E-state index in [1.165, 1.54) is 15.9 Å². The number of hydrogen-bond acceptors (Lipinski definition) is 6. The van der Waals surface area contributed by atoms with E-state index in [2.05, 4.69) is 40.4 Å². The van der Waals surface area contributed by atoms with Crippen LogP contribution in [0.5, 0.6) is 0 Å². The molecular weight excluding hydrogens is 494 g/mol. The van der Waals surface area contributed by atoms with Crippen molar-refractivity contribution >= 4 is 22.4 Å². The maximum absolute atomic E-state index is 12.9. The van der Waals surface area contributed by atoms with Crippen LogP contribution in [0, 0.1) is 0 Å². The molecule has 0 atom stereocenters. The quantitative estimate of drug-likeness (QED) is 0.305. The van der Waals surface area contributed by atoms with E-state index in [1.54, 1.807) is 18.4 Å². The molecule has 0 saturated heterocycles. The second-order valence-corrected chi connectivity index (χ2v) is 9.68. The van der Waals surface area contributed by atoms with Gasteiger partial charge in [-0.2, -0.15) is 14.6 Å². The van der Waals surface area contributed by atoms with Gasteiger partial charge in [0.1, 0.15) is 0 Å². The first-order chi connectivity index (χ1) is 18.7. The SMILES string of the molecule is O=c1c(=Cc2ccc(-n3nc(-c4ccccc4)cc3-c3ccccc3)cc2)sc2nc(-c3ccco3)nn12. The summed E-state index contributed by atoms with van der Waals surface area (Å²) in [5, 5.41) is 9.25. The standard InChI is InChI=1S/C30H19N5O2S/c36-29-27(38-30-31-28(33-35(29)30)26-12-7-17-37-26)18-20-13-15-23(16-14-20)34-25(22-10-5-2-6-11-22)19-24(32-34)21-8-3-1-4-9-21/h1-19H. The molecule has 0 unspecified atom stereocenters. The lowest BCUT2D eigenvalue weighted by Crippen LogP contribution is -2.23. The first-order valence-electron chi connectivity index (χ1n) is 12.0. The fourth-order valence-electron chi connectivity index (χ4n) is 4.35. The van der Waals surface area contributed by atoms with Crippen LogP contribution in [-0.4, -0.2) is 24.4 Å². The van der Waals surface area contributed by atoms with E-state index < -0.39 is 0 Å². The summed E-state index contributed by atoms with van der Waals surface area (Å²) in [6.45, 7) is 0. The van der Waals surface area contributed by atoms with Crippen LogP contribution in [0.15, 0.2) is 119 Å². The maximum Gasteiger partial charge on any atom is 0.291 e. The number of nitrogens with zero attached hydrogens (tertiary/aromatic N) is 5. The van der Waals surface area contributed by atoms with Gasteiger partial charge in [-0.1, -0.05) is 84.1 Å².